The van der Waals surface area contributed by atoms with Crippen molar-refractivity contribution >= 4 is 5.78 Å². The summed E-state index contributed by atoms with van der Waals surface area (Å²) in [6.07, 6.45) is 2.38. The molecule has 66 valence electrons. The van der Waals surface area contributed by atoms with E-state index in [4.69, 9.17) is 0 Å². The zero-order valence-corrected chi connectivity index (χ0v) is 7.61. The Morgan fingerprint density at radius 1 is 1.75 bits per heavy atom. The third kappa shape index (κ3) is 2.15. The van der Waals surface area contributed by atoms with Crippen molar-refractivity contribution < 1.29 is 4.79 Å². The SMILES string of the molecule is CC(=O)CC(C)c1cn(C)nn1. The first-order chi connectivity index (χ1) is 5.59. The van der Waals surface area contributed by atoms with Crippen LogP contribution in [0.4, 0.5) is 0 Å². The van der Waals surface area contributed by atoms with Crippen LogP contribution in [0.15, 0.2) is 6.20 Å². The minimum atomic E-state index is 0.177. The maximum atomic E-state index is 10.8. The molecule has 1 heterocycles. The molecule has 0 aromatic carbocycles. The van der Waals surface area contributed by atoms with Crippen LogP contribution in [-0.2, 0) is 11.8 Å². The predicted octanol–water partition coefficient (Wildman–Crippen LogP) is 0.898. The number of ketones is 1. The van der Waals surface area contributed by atoms with E-state index in [2.05, 4.69) is 10.3 Å². The molecule has 0 bridgehead atoms. The highest BCUT2D eigenvalue weighted by Gasteiger charge is 2.10. The number of nitrogens with zero attached hydrogens (tertiary/aromatic N) is 3. The summed E-state index contributed by atoms with van der Waals surface area (Å²) >= 11 is 0. The van der Waals surface area contributed by atoms with Gasteiger partial charge in [0.05, 0.1) is 5.69 Å². The molecule has 1 aromatic rings. The topological polar surface area (TPSA) is 47.8 Å². The summed E-state index contributed by atoms with van der Waals surface area (Å²) in [5.41, 5.74) is 0.882. The Bertz CT molecular complexity index is 280. The first kappa shape index (κ1) is 8.90. The Morgan fingerprint density at radius 2 is 2.42 bits per heavy atom. The van der Waals surface area contributed by atoms with E-state index in [1.54, 1.807) is 11.6 Å². The highest BCUT2D eigenvalue weighted by molar-refractivity contribution is 5.76. The van der Waals surface area contributed by atoms with Crippen molar-refractivity contribution in [3.63, 3.8) is 0 Å². The molecule has 0 fully saturated rings. The number of carbonyl (C=O) groups excluding carboxylic acids is 1. The lowest BCUT2D eigenvalue weighted by atomic mass is 10.0. The Balaban J connectivity index is 2.64. The van der Waals surface area contributed by atoms with Gasteiger partial charge in [0, 0.05) is 25.6 Å². The van der Waals surface area contributed by atoms with Crippen molar-refractivity contribution in [2.75, 3.05) is 0 Å². The van der Waals surface area contributed by atoms with Gasteiger partial charge in [-0.2, -0.15) is 0 Å². The molecular weight excluding hydrogens is 154 g/mol. The summed E-state index contributed by atoms with van der Waals surface area (Å²) < 4.78 is 1.64. The van der Waals surface area contributed by atoms with E-state index in [1.165, 1.54) is 0 Å². The molecule has 1 atom stereocenters. The van der Waals surface area contributed by atoms with Crippen LogP contribution in [0.3, 0.4) is 0 Å². The first-order valence-corrected chi connectivity index (χ1v) is 3.95. The molecule has 0 aliphatic heterocycles. The third-order valence-electron chi connectivity index (χ3n) is 1.72. The van der Waals surface area contributed by atoms with Crippen LogP contribution in [0.25, 0.3) is 0 Å². The molecule has 0 aliphatic carbocycles. The summed E-state index contributed by atoms with van der Waals surface area (Å²) in [6, 6.07) is 0. The van der Waals surface area contributed by atoms with E-state index in [0.717, 1.165) is 5.69 Å². The van der Waals surface area contributed by atoms with Gasteiger partial charge in [0.2, 0.25) is 0 Å². The normalized spacial score (nSPS) is 12.9. The molecular formula is C8H13N3O. The molecule has 4 nitrogen and oxygen atoms in total. The van der Waals surface area contributed by atoms with E-state index in [9.17, 15) is 4.79 Å². The van der Waals surface area contributed by atoms with E-state index in [0.29, 0.717) is 6.42 Å². The van der Waals surface area contributed by atoms with Crippen molar-refractivity contribution in [1.29, 1.82) is 0 Å². The van der Waals surface area contributed by atoms with Gasteiger partial charge in [-0.25, -0.2) is 0 Å². The maximum absolute atomic E-state index is 10.8. The minimum Gasteiger partial charge on any atom is -0.300 e. The summed E-state index contributed by atoms with van der Waals surface area (Å²) in [4.78, 5) is 10.8. The van der Waals surface area contributed by atoms with Crippen LogP contribution >= 0.6 is 0 Å². The van der Waals surface area contributed by atoms with Gasteiger partial charge in [0.25, 0.3) is 0 Å². The lowest BCUT2D eigenvalue weighted by molar-refractivity contribution is -0.117. The molecule has 4 heteroatoms. The van der Waals surface area contributed by atoms with Crippen LogP contribution < -0.4 is 0 Å². The second-order valence-corrected chi connectivity index (χ2v) is 3.12. The average Bonchev–Trinajstić information content (AvgIpc) is 2.34. The molecule has 0 saturated carbocycles. The number of Topliss-reactive ketones (excluding diaryl/α,β-unsaturated/α-hetero) is 1. The molecule has 1 rings (SSSR count). The van der Waals surface area contributed by atoms with Gasteiger partial charge in [0.15, 0.2) is 0 Å². The number of hydrogen-bond acceptors (Lipinski definition) is 3. The monoisotopic (exact) mass is 167 g/mol. The second kappa shape index (κ2) is 3.47. The van der Waals surface area contributed by atoms with Crippen molar-refractivity contribution in [3.8, 4) is 0 Å². The maximum Gasteiger partial charge on any atom is 0.130 e. The molecule has 0 radical (unpaired) electrons. The van der Waals surface area contributed by atoms with Gasteiger partial charge in [-0.05, 0) is 6.92 Å². The van der Waals surface area contributed by atoms with Gasteiger partial charge < -0.3 is 4.79 Å². The zero-order chi connectivity index (χ0) is 9.14. The van der Waals surface area contributed by atoms with E-state index < -0.39 is 0 Å². The Kier molecular flexibility index (Phi) is 2.58. The Labute approximate surface area is 71.6 Å². The van der Waals surface area contributed by atoms with Gasteiger partial charge in [-0.3, -0.25) is 4.68 Å². The molecule has 0 N–H and O–H groups in total. The third-order valence-corrected chi connectivity index (χ3v) is 1.72. The van der Waals surface area contributed by atoms with Crippen LogP contribution in [-0.4, -0.2) is 20.8 Å². The van der Waals surface area contributed by atoms with Crippen LogP contribution in [0.2, 0.25) is 0 Å². The number of rotatable bonds is 3. The van der Waals surface area contributed by atoms with E-state index in [1.807, 2.05) is 20.2 Å². The summed E-state index contributed by atoms with van der Waals surface area (Å²) in [5.74, 6) is 0.365. The molecule has 12 heavy (non-hydrogen) atoms. The van der Waals surface area contributed by atoms with Crippen LogP contribution in [0.1, 0.15) is 31.9 Å². The zero-order valence-electron chi connectivity index (χ0n) is 7.61. The number of aromatic nitrogens is 3. The van der Waals surface area contributed by atoms with E-state index >= 15 is 0 Å². The van der Waals surface area contributed by atoms with Gasteiger partial charge in [0.1, 0.15) is 5.78 Å². The van der Waals surface area contributed by atoms with Crippen molar-refractivity contribution in [1.82, 2.24) is 15.0 Å². The lowest BCUT2D eigenvalue weighted by Gasteiger charge is -2.02. The molecule has 0 saturated heterocycles. The second-order valence-electron chi connectivity index (χ2n) is 3.12. The van der Waals surface area contributed by atoms with E-state index in [-0.39, 0.29) is 11.7 Å². The highest BCUT2D eigenvalue weighted by Crippen LogP contribution is 2.15. The molecule has 1 aromatic heterocycles. The van der Waals surface area contributed by atoms with Crippen LogP contribution in [0.5, 0.6) is 0 Å². The molecule has 0 amide bonds. The predicted molar refractivity (Wildman–Crippen MR) is 44.7 cm³/mol. The summed E-state index contributed by atoms with van der Waals surface area (Å²) in [5, 5.41) is 7.73. The fraction of sp³-hybridized carbons (Fsp3) is 0.625. The van der Waals surface area contributed by atoms with Crippen LogP contribution in [0, 0.1) is 0 Å². The van der Waals surface area contributed by atoms with Gasteiger partial charge >= 0.3 is 0 Å². The standard InChI is InChI=1S/C8H13N3O/c1-6(4-7(2)12)8-5-11(3)10-9-8/h5-6H,4H2,1-3H3. The number of carbonyl (C=O) groups is 1. The quantitative estimate of drug-likeness (QED) is 0.672. The smallest absolute Gasteiger partial charge is 0.130 e. The molecule has 0 spiro atoms. The lowest BCUT2D eigenvalue weighted by Crippen LogP contribution is -2.00. The average molecular weight is 167 g/mol. The fourth-order valence-electron chi connectivity index (χ4n) is 1.13. The highest BCUT2D eigenvalue weighted by atomic mass is 16.1. The van der Waals surface area contributed by atoms with Crippen molar-refractivity contribution in [3.05, 3.63) is 11.9 Å². The Morgan fingerprint density at radius 3 is 2.83 bits per heavy atom. The fourth-order valence-corrected chi connectivity index (χ4v) is 1.13. The number of hydrogen-bond donors (Lipinski definition) is 0. The van der Waals surface area contributed by atoms with Gasteiger partial charge in [-0.15, -0.1) is 5.10 Å². The first-order valence-electron chi connectivity index (χ1n) is 3.95. The Hall–Kier alpha value is -1.19. The van der Waals surface area contributed by atoms with Crippen molar-refractivity contribution in [2.45, 2.75) is 26.2 Å². The van der Waals surface area contributed by atoms with Gasteiger partial charge in [-0.1, -0.05) is 12.1 Å². The minimum absolute atomic E-state index is 0.177. The summed E-state index contributed by atoms with van der Waals surface area (Å²) in [6.45, 7) is 3.57. The molecule has 0 aliphatic rings. The number of aryl methyl sites for hydroxylation is 1. The largest absolute Gasteiger partial charge is 0.300 e. The summed E-state index contributed by atoms with van der Waals surface area (Å²) in [7, 11) is 1.82. The van der Waals surface area contributed by atoms with Crippen molar-refractivity contribution in [2.24, 2.45) is 7.05 Å². The molecule has 1 unspecified atom stereocenters.